The number of nitrogens with zero attached hydrogens (tertiary/aromatic N) is 1. The predicted octanol–water partition coefficient (Wildman–Crippen LogP) is 1.40. The lowest BCUT2D eigenvalue weighted by Crippen LogP contribution is -2.46. The number of carbonyl (C=O) groups excluding carboxylic acids is 1. The van der Waals surface area contributed by atoms with Crippen LogP contribution in [0.15, 0.2) is 23.1 Å². The van der Waals surface area contributed by atoms with Gasteiger partial charge in [0, 0.05) is 25.2 Å². The summed E-state index contributed by atoms with van der Waals surface area (Å²) in [5.74, 6) is -0.461. The van der Waals surface area contributed by atoms with Gasteiger partial charge in [0.05, 0.1) is 10.9 Å². The van der Waals surface area contributed by atoms with Gasteiger partial charge in [0.1, 0.15) is 5.82 Å². The molecule has 2 aliphatic rings. The molecule has 1 aromatic rings. The summed E-state index contributed by atoms with van der Waals surface area (Å²) in [7, 11) is -3.73. The van der Waals surface area contributed by atoms with Crippen LogP contribution < -0.4 is 10.6 Å². The Balaban J connectivity index is 1.64. The Morgan fingerprint density at radius 1 is 1.35 bits per heavy atom. The quantitative estimate of drug-likeness (QED) is 0.806. The van der Waals surface area contributed by atoms with Crippen LogP contribution in [0.1, 0.15) is 31.2 Å². The molecule has 2 saturated heterocycles. The van der Waals surface area contributed by atoms with Gasteiger partial charge in [0.25, 0.3) is 0 Å². The van der Waals surface area contributed by atoms with Crippen molar-refractivity contribution < 1.29 is 17.6 Å². The Hall–Kier alpha value is -1.51. The molecule has 8 heteroatoms. The van der Waals surface area contributed by atoms with Gasteiger partial charge in [0.15, 0.2) is 0 Å². The number of piperidine rings is 1. The predicted molar refractivity (Wildman–Crippen MR) is 96.7 cm³/mol. The van der Waals surface area contributed by atoms with Crippen molar-refractivity contribution >= 4 is 15.9 Å². The number of rotatable bonds is 5. The van der Waals surface area contributed by atoms with Crippen LogP contribution in [0.4, 0.5) is 4.39 Å². The van der Waals surface area contributed by atoms with E-state index in [0.717, 1.165) is 32.2 Å². The van der Waals surface area contributed by atoms with E-state index in [0.29, 0.717) is 19.6 Å². The van der Waals surface area contributed by atoms with Gasteiger partial charge in [-0.25, -0.2) is 12.8 Å². The normalized spacial score (nSPS) is 24.5. The molecule has 2 fully saturated rings. The van der Waals surface area contributed by atoms with Crippen LogP contribution in [0.25, 0.3) is 0 Å². The number of benzene rings is 1. The third-order valence-electron chi connectivity index (χ3n) is 5.26. The molecule has 2 aliphatic heterocycles. The van der Waals surface area contributed by atoms with Gasteiger partial charge in [-0.3, -0.25) is 4.79 Å². The summed E-state index contributed by atoms with van der Waals surface area (Å²) >= 11 is 0. The largest absolute Gasteiger partial charge is 0.354 e. The maximum absolute atomic E-state index is 13.8. The Morgan fingerprint density at radius 3 is 2.88 bits per heavy atom. The van der Waals surface area contributed by atoms with Crippen LogP contribution in [0.5, 0.6) is 0 Å². The summed E-state index contributed by atoms with van der Waals surface area (Å²) in [5.41, 5.74) is 0.148. The van der Waals surface area contributed by atoms with Gasteiger partial charge < -0.3 is 10.6 Å². The number of sulfonamides is 1. The van der Waals surface area contributed by atoms with Crippen molar-refractivity contribution in [1.82, 2.24) is 14.9 Å². The zero-order valence-corrected chi connectivity index (χ0v) is 15.8. The topological polar surface area (TPSA) is 78.5 Å². The standard InChI is InChI=1S/C18H26FN3O3S/c1-13-15(19)6-2-8-17(13)26(24,25)22-10-4-5-14(12-22)11-21-18(23)16-7-3-9-20-16/h2,6,8,14,16,20H,3-5,7,9-12H2,1H3,(H,21,23). The third-order valence-corrected chi connectivity index (χ3v) is 7.27. The van der Waals surface area contributed by atoms with E-state index in [-0.39, 0.29) is 28.3 Å². The second-order valence-corrected chi connectivity index (χ2v) is 9.03. The number of amides is 1. The molecule has 0 aliphatic carbocycles. The van der Waals surface area contributed by atoms with E-state index in [9.17, 15) is 17.6 Å². The van der Waals surface area contributed by atoms with Crippen molar-refractivity contribution in [2.75, 3.05) is 26.2 Å². The molecule has 2 N–H and O–H groups in total. The first-order valence-corrected chi connectivity index (χ1v) is 10.6. The highest BCUT2D eigenvalue weighted by atomic mass is 32.2. The summed E-state index contributed by atoms with van der Waals surface area (Å²) < 4.78 is 41.0. The second kappa shape index (κ2) is 8.02. The molecule has 0 saturated carbocycles. The average molecular weight is 383 g/mol. The molecule has 0 aromatic heterocycles. The molecule has 2 heterocycles. The summed E-state index contributed by atoms with van der Waals surface area (Å²) in [6.45, 7) is 3.58. The van der Waals surface area contributed by atoms with E-state index in [1.165, 1.54) is 29.4 Å². The Kier molecular flexibility index (Phi) is 5.94. The molecule has 2 atom stereocenters. The van der Waals surface area contributed by atoms with Gasteiger partial charge in [0.2, 0.25) is 15.9 Å². The monoisotopic (exact) mass is 383 g/mol. The lowest BCUT2D eigenvalue weighted by Gasteiger charge is -2.32. The molecule has 6 nitrogen and oxygen atoms in total. The molecule has 0 spiro atoms. The molecule has 1 aromatic carbocycles. The van der Waals surface area contributed by atoms with Gasteiger partial charge in [-0.05, 0) is 57.2 Å². The Morgan fingerprint density at radius 2 is 2.15 bits per heavy atom. The van der Waals surface area contributed by atoms with Crippen LogP contribution in [0.3, 0.4) is 0 Å². The highest BCUT2D eigenvalue weighted by molar-refractivity contribution is 7.89. The smallest absolute Gasteiger partial charge is 0.243 e. The van der Waals surface area contributed by atoms with Crippen LogP contribution in [-0.2, 0) is 14.8 Å². The maximum atomic E-state index is 13.8. The average Bonchev–Trinajstić information content (AvgIpc) is 3.17. The second-order valence-electron chi connectivity index (χ2n) is 7.13. The van der Waals surface area contributed by atoms with Crippen molar-refractivity contribution in [3.63, 3.8) is 0 Å². The number of nitrogens with one attached hydrogen (secondary N) is 2. The van der Waals surface area contributed by atoms with Crippen molar-refractivity contribution in [1.29, 1.82) is 0 Å². The fourth-order valence-electron chi connectivity index (χ4n) is 3.69. The minimum absolute atomic E-state index is 0.0107. The summed E-state index contributed by atoms with van der Waals surface area (Å²) in [6, 6.07) is 4.00. The molecule has 2 unspecified atom stereocenters. The molecule has 3 rings (SSSR count). The zero-order valence-electron chi connectivity index (χ0n) is 15.0. The number of carbonyl (C=O) groups is 1. The Bertz CT molecular complexity index is 763. The molecule has 144 valence electrons. The van der Waals surface area contributed by atoms with Crippen molar-refractivity contribution in [2.45, 2.75) is 43.5 Å². The summed E-state index contributed by atoms with van der Waals surface area (Å²) in [6.07, 6.45) is 3.44. The number of halogens is 1. The van der Waals surface area contributed by atoms with Crippen LogP contribution >= 0.6 is 0 Å². The van der Waals surface area contributed by atoms with Crippen molar-refractivity contribution in [2.24, 2.45) is 5.92 Å². The molecule has 1 amide bonds. The first-order chi connectivity index (χ1) is 12.4. The first-order valence-electron chi connectivity index (χ1n) is 9.16. The first kappa shape index (κ1) is 19.3. The minimum atomic E-state index is -3.73. The van der Waals surface area contributed by atoms with E-state index in [1.54, 1.807) is 0 Å². The van der Waals surface area contributed by atoms with Crippen LogP contribution in [0.2, 0.25) is 0 Å². The molecular weight excluding hydrogens is 357 g/mol. The van der Waals surface area contributed by atoms with Gasteiger partial charge >= 0.3 is 0 Å². The van der Waals surface area contributed by atoms with Gasteiger partial charge in [-0.1, -0.05) is 6.07 Å². The number of hydrogen-bond acceptors (Lipinski definition) is 4. The van der Waals surface area contributed by atoms with Gasteiger partial charge in [-0.2, -0.15) is 4.31 Å². The van der Waals surface area contributed by atoms with E-state index < -0.39 is 15.8 Å². The van der Waals surface area contributed by atoms with Gasteiger partial charge in [-0.15, -0.1) is 0 Å². The summed E-state index contributed by atoms with van der Waals surface area (Å²) in [4.78, 5) is 12.1. The lowest BCUT2D eigenvalue weighted by atomic mass is 9.99. The van der Waals surface area contributed by atoms with E-state index in [4.69, 9.17) is 0 Å². The summed E-state index contributed by atoms with van der Waals surface area (Å²) in [5, 5.41) is 6.10. The molecule has 0 bridgehead atoms. The molecule has 0 radical (unpaired) electrons. The minimum Gasteiger partial charge on any atom is -0.354 e. The maximum Gasteiger partial charge on any atom is 0.243 e. The fraction of sp³-hybridized carbons (Fsp3) is 0.611. The highest BCUT2D eigenvalue weighted by Crippen LogP contribution is 2.26. The van der Waals surface area contributed by atoms with E-state index in [2.05, 4.69) is 10.6 Å². The SMILES string of the molecule is Cc1c(F)cccc1S(=O)(=O)N1CCCC(CNC(=O)C2CCCN2)C1. The van der Waals surface area contributed by atoms with E-state index in [1.807, 2.05) is 0 Å². The highest BCUT2D eigenvalue weighted by Gasteiger charge is 2.32. The third kappa shape index (κ3) is 4.07. The fourth-order valence-corrected chi connectivity index (χ4v) is 5.48. The number of hydrogen-bond donors (Lipinski definition) is 2. The van der Waals surface area contributed by atoms with E-state index >= 15 is 0 Å². The Labute approximate surface area is 154 Å². The van der Waals surface area contributed by atoms with Crippen molar-refractivity contribution in [3.05, 3.63) is 29.6 Å². The zero-order chi connectivity index (χ0) is 18.7. The van der Waals surface area contributed by atoms with Crippen LogP contribution in [0, 0.1) is 18.7 Å². The van der Waals surface area contributed by atoms with Crippen molar-refractivity contribution in [3.8, 4) is 0 Å². The molecular formula is C18H26FN3O3S. The van der Waals surface area contributed by atoms with Crippen LogP contribution in [-0.4, -0.2) is 50.9 Å². The molecule has 26 heavy (non-hydrogen) atoms. The lowest BCUT2D eigenvalue weighted by molar-refractivity contribution is -0.123.